The molecule has 0 spiro atoms. The van der Waals surface area contributed by atoms with Crippen LogP contribution in [0.15, 0.2) is 58.0 Å². The first-order valence-corrected chi connectivity index (χ1v) is 8.43. The zero-order valence-corrected chi connectivity index (χ0v) is 15.3. The van der Waals surface area contributed by atoms with Crippen molar-refractivity contribution in [1.29, 1.82) is 5.26 Å². The van der Waals surface area contributed by atoms with E-state index >= 15 is 0 Å². The molecule has 136 valence electrons. The summed E-state index contributed by atoms with van der Waals surface area (Å²) in [7, 11) is 0. The molecule has 0 bridgehead atoms. The molecule has 0 atom stereocenters. The second kappa shape index (κ2) is 7.42. The third kappa shape index (κ3) is 4.39. The molecule has 0 amide bonds. The summed E-state index contributed by atoms with van der Waals surface area (Å²) in [6, 6.07) is 15.7. The minimum absolute atomic E-state index is 0.0783. The maximum absolute atomic E-state index is 13.0. The van der Waals surface area contributed by atoms with Crippen LogP contribution in [0.1, 0.15) is 37.6 Å². The van der Waals surface area contributed by atoms with Crippen molar-refractivity contribution >= 4 is 12.1 Å². The molecule has 0 aliphatic rings. The number of hydrogen-bond donors (Lipinski definition) is 1. The summed E-state index contributed by atoms with van der Waals surface area (Å²) in [5, 5.41) is 13.3. The van der Waals surface area contributed by atoms with Crippen LogP contribution in [0.2, 0.25) is 0 Å². The lowest BCUT2D eigenvalue weighted by atomic mass is 9.87. The smallest absolute Gasteiger partial charge is 0.252 e. The van der Waals surface area contributed by atoms with Gasteiger partial charge in [-0.15, -0.1) is 0 Å². The molecular formula is C21H19FN4O. The fraction of sp³-hybridized carbons (Fsp3) is 0.190. The minimum atomic E-state index is -0.355. The summed E-state index contributed by atoms with van der Waals surface area (Å²) in [6.45, 7) is 6.47. The molecule has 3 rings (SSSR count). The number of halogens is 1. The Morgan fingerprint density at radius 3 is 2.37 bits per heavy atom. The Morgan fingerprint density at radius 1 is 1.11 bits per heavy atom. The predicted molar refractivity (Wildman–Crippen MR) is 103 cm³/mol. The molecule has 0 saturated heterocycles. The minimum Gasteiger partial charge on any atom is -0.417 e. The maximum Gasteiger partial charge on any atom is 0.252 e. The molecule has 3 aromatic rings. The quantitative estimate of drug-likeness (QED) is 0.518. The highest BCUT2D eigenvalue weighted by atomic mass is 19.1. The van der Waals surface area contributed by atoms with Crippen LogP contribution in [0.25, 0.3) is 11.5 Å². The number of oxazole rings is 1. The van der Waals surface area contributed by atoms with Gasteiger partial charge in [0.2, 0.25) is 11.6 Å². The molecule has 0 fully saturated rings. The average molecular weight is 362 g/mol. The van der Waals surface area contributed by atoms with Crippen LogP contribution in [-0.4, -0.2) is 11.2 Å². The number of hydrogen-bond acceptors (Lipinski definition) is 5. The number of nitrogens with zero attached hydrogens (tertiary/aromatic N) is 3. The van der Waals surface area contributed by atoms with E-state index in [2.05, 4.69) is 48.4 Å². The average Bonchev–Trinajstić information content (AvgIpc) is 3.05. The summed E-state index contributed by atoms with van der Waals surface area (Å²) in [5.41, 5.74) is 5.59. The van der Waals surface area contributed by atoms with Crippen LogP contribution in [-0.2, 0) is 5.41 Å². The first kappa shape index (κ1) is 18.3. The van der Waals surface area contributed by atoms with Gasteiger partial charge >= 0.3 is 0 Å². The van der Waals surface area contributed by atoms with E-state index in [1.807, 2.05) is 18.2 Å². The van der Waals surface area contributed by atoms with Crippen LogP contribution in [0.5, 0.6) is 0 Å². The van der Waals surface area contributed by atoms with Crippen molar-refractivity contribution < 1.29 is 8.81 Å². The largest absolute Gasteiger partial charge is 0.417 e. The van der Waals surface area contributed by atoms with Gasteiger partial charge in [0, 0.05) is 5.56 Å². The first-order chi connectivity index (χ1) is 12.9. The summed E-state index contributed by atoms with van der Waals surface area (Å²) in [5.74, 6) is 0.00408. The fourth-order valence-corrected chi connectivity index (χ4v) is 2.42. The monoisotopic (exact) mass is 362 g/mol. The number of benzene rings is 2. The van der Waals surface area contributed by atoms with Gasteiger partial charge < -0.3 is 4.42 Å². The van der Waals surface area contributed by atoms with E-state index in [4.69, 9.17) is 4.42 Å². The molecule has 1 heterocycles. The standard InChI is InChI=1S/C21H19FN4O/c1-21(2,3)16-8-4-14(5-9-16)13-24-26-20-18(12-23)25-19(27-20)15-6-10-17(22)11-7-15/h4-11,13,26H,1-3H3/b24-13-. The predicted octanol–water partition coefficient (Wildman–Crippen LogP) is 5.10. The Bertz CT molecular complexity index is 991. The second-order valence-electron chi connectivity index (χ2n) is 7.06. The van der Waals surface area contributed by atoms with Gasteiger partial charge in [-0.25, -0.2) is 9.82 Å². The Balaban J connectivity index is 1.75. The Labute approximate surface area is 157 Å². The van der Waals surface area contributed by atoms with E-state index < -0.39 is 0 Å². The number of aromatic nitrogens is 1. The highest BCUT2D eigenvalue weighted by Gasteiger charge is 2.14. The third-order valence-electron chi connectivity index (χ3n) is 3.98. The highest BCUT2D eigenvalue weighted by molar-refractivity contribution is 5.80. The molecule has 0 unspecified atom stereocenters. The van der Waals surface area contributed by atoms with E-state index in [0.29, 0.717) is 5.56 Å². The zero-order chi connectivity index (χ0) is 19.4. The van der Waals surface area contributed by atoms with Gasteiger partial charge in [-0.2, -0.15) is 15.3 Å². The normalized spacial score (nSPS) is 11.5. The molecule has 0 aliphatic carbocycles. The van der Waals surface area contributed by atoms with Gasteiger partial charge in [0.1, 0.15) is 11.9 Å². The van der Waals surface area contributed by atoms with Crippen molar-refractivity contribution in [3.8, 4) is 17.5 Å². The van der Waals surface area contributed by atoms with Crippen molar-refractivity contribution in [2.75, 3.05) is 5.43 Å². The van der Waals surface area contributed by atoms with Crippen molar-refractivity contribution in [1.82, 2.24) is 4.98 Å². The van der Waals surface area contributed by atoms with Gasteiger partial charge in [0.25, 0.3) is 5.88 Å². The lowest BCUT2D eigenvalue weighted by Gasteiger charge is -2.18. The van der Waals surface area contributed by atoms with Crippen LogP contribution < -0.4 is 5.43 Å². The molecule has 6 heteroatoms. The summed E-state index contributed by atoms with van der Waals surface area (Å²) >= 11 is 0. The number of nitriles is 1. The third-order valence-corrected chi connectivity index (χ3v) is 3.98. The molecule has 1 aromatic heterocycles. The van der Waals surface area contributed by atoms with Gasteiger partial charge in [-0.05, 0) is 40.8 Å². The Hall–Kier alpha value is -3.46. The van der Waals surface area contributed by atoms with Gasteiger partial charge in [0.15, 0.2) is 0 Å². The fourth-order valence-electron chi connectivity index (χ4n) is 2.42. The summed E-state index contributed by atoms with van der Waals surface area (Å²) in [6.07, 6.45) is 1.63. The molecule has 0 saturated carbocycles. The van der Waals surface area contributed by atoms with E-state index in [-0.39, 0.29) is 28.7 Å². The first-order valence-electron chi connectivity index (χ1n) is 8.43. The molecule has 5 nitrogen and oxygen atoms in total. The highest BCUT2D eigenvalue weighted by Crippen LogP contribution is 2.25. The lowest BCUT2D eigenvalue weighted by Crippen LogP contribution is -2.10. The summed E-state index contributed by atoms with van der Waals surface area (Å²) < 4.78 is 18.6. The summed E-state index contributed by atoms with van der Waals surface area (Å²) in [4.78, 5) is 4.11. The van der Waals surface area contributed by atoms with Crippen molar-refractivity contribution in [3.63, 3.8) is 0 Å². The van der Waals surface area contributed by atoms with Crippen molar-refractivity contribution in [2.45, 2.75) is 26.2 Å². The Kier molecular flexibility index (Phi) is 5.04. The van der Waals surface area contributed by atoms with Crippen LogP contribution in [0.4, 0.5) is 10.3 Å². The van der Waals surface area contributed by atoms with Gasteiger partial charge in [0.05, 0.1) is 6.21 Å². The number of nitrogens with one attached hydrogen (secondary N) is 1. The van der Waals surface area contributed by atoms with E-state index in [1.54, 1.807) is 6.21 Å². The molecular weight excluding hydrogens is 343 g/mol. The molecule has 0 radical (unpaired) electrons. The molecule has 1 N–H and O–H groups in total. The van der Waals surface area contributed by atoms with E-state index in [1.165, 1.54) is 29.8 Å². The van der Waals surface area contributed by atoms with Crippen LogP contribution in [0.3, 0.4) is 0 Å². The molecule has 27 heavy (non-hydrogen) atoms. The Morgan fingerprint density at radius 2 is 1.78 bits per heavy atom. The topological polar surface area (TPSA) is 74.2 Å². The molecule has 2 aromatic carbocycles. The van der Waals surface area contributed by atoms with Crippen molar-refractivity contribution in [2.24, 2.45) is 5.10 Å². The maximum atomic E-state index is 13.0. The SMILES string of the molecule is CC(C)(C)c1ccc(/C=N\Nc2oc(-c3ccc(F)cc3)nc2C#N)cc1. The number of rotatable bonds is 4. The van der Waals surface area contributed by atoms with E-state index in [0.717, 1.165) is 5.56 Å². The van der Waals surface area contributed by atoms with Crippen molar-refractivity contribution in [3.05, 3.63) is 71.2 Å². The zero-order valence-electron chi connectivity index (χ0n) is 15.3. The molecule has 0 aliphatic heterocycles. The van der Waals surface area contributed by atoms with Gasteiger partial charge in [-0.1, -0.05) is 45.0 Å². The van der Waals surface area contributed by atoms with Gasteiger partial charge in [-0.3, -0.25) is 0 Å². The van der Waals surface area contributed by atoms with Crippen LogP contribution in [0, 0.1) is 17.1 Å². The number of anilines is 1. The van der Waals surface area contributed by atoms with E-state index in [9.17, 15) is 9.65 Å². The lowest BCUT2D eigenvalue weighted by molar-refractivity contribution is 0.586. The van der Waals surface area contributed by atoms with Crippen LogP contribution >= 0.6 is 0 Å². The number of hydrazone groups is 1. The second-order valence-corrected chi connectivity index (χ2v) is 7.06.